The van der Waals surface area contributed by atoms with Gasteiger partial charge in [-0.15, -0.1) is 10.2 Å². The van der Waals surface area contributed by atoms with Crippen molar-refractivity contribution in [1.29, 1.82) is 0 Å². The van der Waals surface area contributed by atoms with E-state index in [4.69, 9.17) is 11.6 Å². The number of thioether (sulfide) groups is 1. The minimum Gasteiger partial charge on any atom is -0.342 e. The monoisotopic (exact) mass is 563 g/mol. The molecular formula is C24H27BrClN5O2S. The fraction of sp³-hybridized carbons (Fsp3) is 0.333. The van der Waals surface area contributed by atoms with Gasteiger partial charge in [0.15, 0.2) is 11.0 Å². The molecule has 0 aliphatic heterocycles. The number of carbonyl (C=O) groups excluding carboxylic acids is 2. The van der Waals surface area contributed by atoms with Crippen LogP contribution in [-0.2, 0) is 11.3 Å². The summed E-state index contributed by atoms with van der Waals surface area (Å²) in [4.78, 5) is 25.2. The number of nitrogens with one attached hydrogen (secondary N) is 2. The first-order valence-electron chi connectivity index (χ1n) is 10.9. The minimum absolute atomic E-state index is 0.120. The van der Waals surface area contributed by atoms with Crippen molar-refractivity contribution in [3.63, 3.8) is 0 Å². The number of halogens is 2. The van der Waals surface area contributed by atoms with Crippen LogP contribution in [0.5, 0.6) is 0 Å². The van der Waals surface area contributed by atoms with Crippen molar-refractivity contribution in [2.75, 3.05) is 11.1 Å². The topological polar surface area (TPSA) is 88.9 Å². The van der Waals surface area contributed by atoms with Crippen LogP contribution in [0.25, 0.3) is 0 Å². The van der Waals surface area contributed by atoms with Crippen LogP contribution in [0, 0.1) is 0 Å². The van der Waals surface area contributed by atoms with Crippen molar-refractivity contribution in [1.82, 2.24) is 20.1 Å². The van der Waals surface area contributed by atoms with Crippen LogP contribution in [0.4, 0.5) is 5.69 Å². The molecule has 0 radical (unpaired) electrons. The lowest BCUT2D eigenvalue weighted by Crippen LogP contribution is -2.28. The van der Waals surface area contributed by atoms with E-state index in [0.29, 0.717) is 28.1 Å². The molecular weight excluding hydrogens is 538 g/mol. The van der Waals surface area contributed by atoms with Gasteiger partial charge in [-0.05, 0) is 67.8 Å². The lowest BCUT2D eigenvalue weighted by atomic mass is 10.0. The molecule has 0 saturated carbocycles. The number of hydrogen-bond acceptors (Lipinski definition) is 5. The number of anilines is 1. The predicted molar refractivity (Wildman–Crippen MR) is 141 cm³/mol. The second kappa shape index (κ2) is 11.9. The van der Waals surface area contributed by atoms with E-state index in [0.717, 1.165) is 15.7 Å². The standard InChI is InChI=1S/C24H27BrClN5O2S/c1-5-31-22(15(4)27-23(33)16-6-9-18(26)10-7-16)29-30-24(31)34-13-21(32)28-20-11-8-17(25)12-19(20)14(2)3/h6-12,14-15H,5,13H2,1-4H3,(H,27,33)(H,28,32)/t15-/m0/s1. The summed E-state index contributed by atoms with van der Waals surface area (Å²) >= 11 is 10.7. The van der Waals surface area contributed by atoms with Gasteiger partial charge in [-0.2, -0.15) is 0 Å². The van der Waals surface area contributed by atoms with Crippen LogP contribution in [0.2, 0.25) is 5.02 Å². The molecule has 0 aliphatic rings. The van der Waals surface area contributed by atoms with E-state index in [9.17, 15) is 9.59 Å². The molecule has 1 heterocycles. The molecule has 2 N–H and O–H groups in total. The predicted octanol–water partition coefficient (Wildman–Crippen LogP) is 6.06. The quantitative estimate of drug-likeness (QED) is 0.309. The number of aromatic nitrogens is 3. The van der Waals surface area contributed by atoms with Crippen molar-refractivity contribution in [3.05, 3.63) is 68.9 Å². The van der Waals surface area contributed by atoms with Crippen LogP contribution in [0.1, 0.15) is 61.4 Å². The first-order valence-corrected chi connectivity index (χ1v) is 13.1. The Morgan fingerprint density at radius 3 is 2.47 bits per heavy atom. The summed E-state index contributed by atoms with van der Waals surface area (Å²) in [6, 6.07) is 12.2. The van der Waals surface area contributed by atoms with Gasteiger partial charge in [0.1, 0.15) is 0 Å². The Labute approximate surface area is 217 Å². The van der Waals surface area contributed by atoms with E-state index in [-0.39, 0.29) is 29.5 Å². The van der Waals surface area contributed by atoms with Gasteiger partial charge in [0.2, 0.25) is 5.91 Å². The van der Waals surface area contributed by atoms with Crippen LogP contribution < -0.4 is 10.6 Å². The zero-order chi connectivity index (χ0) is 24.8. The third-order valence-corrected chi connectivity index (χ3v) is 6.86. The summed E-state index contributed by atoms with van der Waals surface area (Å²) in [7, 11) is 0. The Morgan fingerprint density at radius 2 is 1.82 bits per heavy atom. The van der Waals surface area contributed by atoms with Crippen molar-refractivity contribution >= 4 is 56.8 Å². The average Bonchev–Trinajstić information content (AvgIpc) is 3.22. The molecule has 0 aliphatic carbocycles. The van der Waals surface area contributed by atoms with Gasteiger partial charge in [0.05, 0.1) is 11.8 Å². The highest BCUT2D eigenvalue weighted by atomic mass is 79.9. The second-order valence-electron chi connectivity index (χ2n) is 8.01. The number of rotatable bonds is 9. The third kappa shape index (κ3) is 6.61. The van der Waals surface area contributed by atoms with E-state index in [1.807, 2.05) is 36.6 Å². The number of nitrogens with zero attached hydrogens (tertiary/aromatic N) is 3. The molecule has 0 saturated heterocycles. The number of amides is 2. The first-order chi connectivity index (χ1) is 16.2. The normalized spacial score (nSPS) is 12.0. The zero-order valence-electron chi connectivity index (χ0n) is 19.4. The van der Waals surface area contributed by atoms with Crippen LogP contribution in [-0.4, -0.2) is 32.3 Å². The summed E-state index contributed by atoms with van der Waals surface area (Å²) in [5.41, 5.74) is 2.38. The Bertz CT molecular complexity index is 1170. The summed E-state index contributed by atoms with van der Waals surface area (Å²) in [5.74, 6) is 0.750. The molecule has 1 aromatic heterocycles. The summed E-state index contributed by atoms with van der Waals surface area (Å²) < 4.78 is 2.88. The molecule has 0 bridgehead atoms. The highest BCUT2D eigenvalue weighted by Gasteiger charge is 2.20. The lowest BCUT2D eigenvalue weighted by Gasteiger charge is -2.16. The zero-order valence-corrected chi connectivity index (χ0v) is 22.6. The Kier molecular flexibility index (Phi) is 9.16. The average molecular weight is 565 g/mol. The van der Waals surface area contributed by atoms with Crippen molar-refractivity contribution in [3.8, 4) is 0 Å². The highest BCUT2D eigenvalue weighted by Crippen LogP contribution is 2.28. The Hall–Kier alpha value is -2.36. The molecule has 2 aromatic carbocycles. The second-order valence-corrected chi connectivity index (χ2v) is 10.3. The van der Waals surface area contributed by atoms with Gasteiger partial charge >= 0.3 is 0 Å². The molecule has 34 heavy (non-hydrogen) atoms. The highest BCUT2D eigenvalue weighted by molar-refractivity contribution is 9.10. The number of carbonyl (C=O) groups is 2. The largest absolute Gasteiger partial charge is 0.342 e. The SMILES string of the molecule is CCn1c(SCC(=O)Nc2ccc(Br)cc2C(C)C)nnc1[C@H](C)NC(=O)c1ccc(Cl)cc1. The Balaban J connectivity index is 1.64. The maximum atomic E-state index is 12.6. The fourth-order valence-electron chi connectivity index (χ4n) is 3.41. The molecule has 180 valence electrons. The molecule has 0 unspecified atom stereocenters. The van der Waals surface area contributed by atoms with Gasteiger partial charge in [-0.25, -0.2) is 0 Å². The molecule has 7 nitrogen and oxygen atoms in total. The summed E-state index contributed by atoms with van der Waals surface area (Å²) in [6.07, 6.45) is 0. The molecule has 3 rings (SSSR count). The molecule has 10 heteroatoms. The molecule has 3 aromatic rings. The van der Waals surface area contributed by atoms with Gasteiger partial charge in [0.25, 0.3) is 5.91 Å². The van der Waals surface area contributed by atoms with Crippen LogP contribution in [0.15, 0.2) is 52.1 Å². The summed E-state index contributed by atoms with van der Waals surface area (Å²) in [6.45, 7) is 8.61. The van der Waals surface area contributed by atoms with Gasteiger partial charge in [-0.1, -0.05) is 53.1 Å². The molecule has 0 spiro atoms. The molecule has 1 atom stereocenters. The minimum atomic E-state index is -0.366. The number of benzene rings is 2. The van der Waals surface area contributed by atoms with Gasteiger partial charge < -0.3 is 15.2 Å². The first kappa shape index (κ1) is 26.2. The molecule has 0 fully saturated rings. The van der Waals surface area contributed by atoms with E-state index in [1.54, 1.807) is 24.3 Å². The maximum absolute atomic E-state index is 12.6. The fourth-order valence-corrected chi connectivity index (χ4v) is 4.73. The van der Waals surface area contributed by atoms with Crippen molar-refractivity contribution in [2.24, 2.45) is 0 Å². The third-order valence-electron chi connectivity index (χ3n) is 5.15. The Morgan fingerprint density at radius 1 is 1.12 bits per heavy atom. The van der Waals surface area contributed by atoms with E-state index >= 15 is 0 Å². The lowest BCUT2D eigenvalue weighted by molar-refractivity contribution is -0.113. The van der Waals surface area contributed by atoms with Crippen molar-refractivity contribution in [2.45, 2.75) is 51.4 Å². The van der Waals surface area contributed by atoms with Crippen LogP contribution >= 0.6 is 39.3 Å². The van der Waals surface area contributed by atoms with E-state index in [2.05, 4.69) is 50.6 Å². The van der Waals surface area contributed by atoms with Gasteiger partial charge in [0, 0.05) is 27.3 Å². The molecule has 2 amide bonds. The van der Waals surface area contributed by atoms with E-state index < -0.39 is 0 Å². The number of hydrogen-bond donors (Lipinski definition) is 2. The van der Waals surface area contributed by atoms with Crippen molar-refractivity contribution < 1.29 is 9.59 Å². The smallest absolute Gasteiger partial charge is 0.251 e. The van der Waals surface area contributed by atoms with E-state index in [1.165, 1.54) is 11.8 Å². The maximum Gasteiger partial charge on any atom is 0.251 e. The van der Waals surface area contributed by atoms with Gasteiger partial charge in [-0.3, -0.25) is 9.59 Å². The van der Waals surface area contributed by atoms with Crippen LogP contribution in [0.3, 0.4) is 0 Å². The summed E-state index contributed by atoms with van der Waals surface area (Å²) in [5, 5.41) is 15.7.